The molecule has 152 valence electrons. The smallest absolute Gasteiger partial charge is 0.325 e. The Hall–Kier alpha value is -2.67. The number of aryl methyl sites for hydroxylation is 2. The van der Waals surface area contributed by atoms with Gasteiger partial charge in [-0.25, -0.2) is 4.79 Å². The van der Waals surface area contributed by atoms with E-state index in [-0.39, 0.29) is 24.4 Å². The number of rotatable bonds is 6. The van der Waals surface area contributed by atoms with Crippen LogP contribution < -0.4 is 10.6 Å². The molecule has 2 N–H and O–H groups in total. The summed E-state index contributed by atoms with van der Waals surface area (Å²) in [6.45, 7) is 1.69. The summed E-state index contributed by atoms with van der Waals surface area (Å²) in [7, 11) is 0. The molecule has 1 aromatic heterocycles. The highest BCUT2D eigenvalue weighted by Crippen LogP contribution is 2.41. The van der Waals surface area contributed by atoms with Crippen molar-refractivity contribution in [1.82, 2.24) is 15.5 Å². The maximum absolute atomic E-state index is 13.2. The Morgan fingerprint density at radius 3 is 2.86 bits per heavy atom. The van der Waals surface area contributed by atoms with Crippen LogP contribution in [0.2, 0.25) is 0 Å². The molecule has 2 aromatic rings. The molecule has 1 saturated heterocycles. The zero-order chi connectivity index (χ0) is 20.4. The first-order chi connectivity index (χ1) is 14.0. The number of hydrogen-bond donors (Lipinski definition) is 2. The van der Waals surface area contributed by atoms with Gasteiger partial charge < -0.3 is 10.6 Å². The Balaban J connectivity index is 1.37. The Bertz CT molecular complexity index is 926. The molecule has 1 spiro atoms. The molecule has 6 nitrogen and oxygen atoms in total. The zero-order valence-corrected chi connectivity index (χ0v) is 17.3. The molecule has 7 heteroatoms. The summed E-state index contributed by atoms with van der Waals surface area (Å²) in [5.41, 5.74) is 1.11. The molecule has 1 aliphatic heterocycles. The van der Waals surface area contributed by atoms with Crippen LogP contribution in [0, 0.1) is 0 Å². The van der Waals surface area contributed by atoms with E-state index < -0.39 is 11.6 Å². The van der Waals surface area contributed by atoms with Gasteiger partial charge in [0.25, 0.3) is 5.91 Å². The fourth-order valence-electron chi connectivity index (χ4n) is 4.25. The van der Waals surface area contributed by atoms with Gasteiger partial charge in [-0.3, -0.25) is 14.5 Å². The van der Waals surface area contributed by atoms with Gasteiger partial charge in [-0.15, -0.1) is 11.3 Å². The van der Waals surface area contributed by atoms with E-state index in [0.29, 0.717) is 6.42 Å². The van der Waals surface area contributed by atoms with Gasteiger partial charge in [0.1, 0.15) is 12.1 Å². The molecule has 4 amide bonds. The number of benzene rings is 1. The third kappa shape index (κ3) is 3.79. The van der Waals surface area contributed by atoms with Crippen LogP contribution in [0.1, 0.15) is 42.2 Å². The van der Waals surface area contributed by atoms with Crippen LogP contribution in [0.25, 0.3) is 0 Å². The van der Waals surface area contributed by atoms with E-state index in [0.717, 1.165) is 41.0 Å². The molecule has 1 aromatic carbocycles. The minimum absolute atomic E-state index is 0.0458. The Morgan fingerprint density at radius 1 is 1.28 bits per heavy atom. The van der Waals surface area contributed by atoms with E-state index in [9.17, 15) is 14.4 Å². The van der Waals surface area contributed by atoms with Gasteiger partial charge in [-0.05, 0) is 56.0 Å². The summed E-state index contributed by atoms with van der Waals surface area (Å²) in [6.07, 6.45) is 3.99. The van der Waals surface area contributed by atoms with Crippen molar-refractivity contribution < 1.29 is 14.4 Å². The number of hydrogen-bond acceptors (Lipinski definition) is 4. The van der Waals surface area contributed by atoms with Crippen molar-refractivity contribution in [2.45, 2.75) is 50.6 Å². The van der Waals surface area contributed by atoms with Crippen LogP contribution >= 0.6 is 11.3 Å². The largest absolute Gasteiger partial charge is 0.352 e. The van der Waals surface area contributed by atoms with E-state index in [1.807, 2.05) is 36.6 Å². The highest BCUT2D eigenvalue weighted by Gasteiger charge is 2.54. The van der Waals surface area contributed by atoms with Gasteiger partial charge >= 0.3 is 6.03 Å². The third-order valence-corrected chi connectivity index (χ3v) is 6.74. The predicted octanol–water partition coefficient (Wildman–Crippen LogP) is 2.97. The predicted molar refractivity (Wildman–Crippen MR) is 112 cm³/mol. The number of imide groups is 1. The molecule has 0 radical (unpaired) electrons. The molecule has 2 heterocycles. The highest BCUT2D eigenvalue weighted by molar-refractivity contribution is 7.10. The van der Waals surface area contributed by atoms with Crippen LogP contribution in [-0.2, 0) is 28.0 Å². The number of carbonyl (C=O) groups is 3. The van der Waals surface area contributed by atoms with Gasteiger partial charge in [0.05, 0.1) is 0 Å². The van der Waals surface area contributed by atoms with Gasteiger partial charge in [-0.2, -0.15) is 0 Å². The Morgan fingerprint density at radius 2 is 2.07 bits per heavy atom. The molecule has 1 fully saturated rings. The van der Waals surface area contributed by atoms with Crippen LogP contribution in [0.4, 0.5) is 4.79 Å². The lowest BCUT2D eigenvalue weighted by Gasteiger charge is -2.31. The number of urea groups is 1. The van der Waals surface area contributed by atoms with Gasteiger partial charge in [0.15, 0.2) is 0 Å². The first-order valence-corrected chi connectivity index (χ1v) is 10.9. The number of nitrogens with one attached hydrogen (secondary N) is 2. The molecular weight excluding hydrogens is 386 g/mol. The Kier molecular flexibility index (Phi) is 5.41. The van der Waals surface area contributed by atoms with E-state index in [4.69, 9.17) is 0 Å². The van der Waals surface area contributed by atoms with Crippen LogP contribution in [0.3, 0.4) is 0 Å². The molecule has 1 aliphatic carbocycles. The third-order valence-electron chi connectivity index (χ3n) is 5.75. The first-order valence-electron chi connectivity index (χ1n) is 10.0. The number of thiophene rings is 1. The molecule has 0 unspecified atom stereocenters. The van der Waals surface area contributed by atoms with E-state index in [1.54, 1.807) is 11.3 Å². The lowest BCUT2D eigenvalue weighted by atomic mass is 9.80. The summed E-state index contributed by atoms with van der Waals surface area (Å²) in [5.74, 6) is -0.624. The second kappa shape index (κ2) is 7.99. The van der Waals surface area contributed by atoms with Crippen molar-refractivity contribution in [1.29, 1.82) is 0 Å². The van der Waals surface area contributed by atoms with E-state index in [2.05, 4.69) is 22.8 Å². The second-order valence-corrected chi connectivity index (χ2v) is 8.83. The average molecular weight is 412 g/mol. The first kappa shape index (κ1) is 19.6. The zero-order valence-electron chi connectivity index (χ0n) is 16.4. The maximum Gasteiger partial charge on any atom is 0.325 e. The molecule has 0 saturated carbocycles. The molecule has 2 atom stereocenters. The van der Waals surface area contributed by atoms with Crippen LogP contribution in [0.15, 0.2) is 41.8 Å². The molecule has 4 rings (SSSR count). The summed E-state index contributed by atoms with van der Waals surface area (Å²) in [5, 5.41) is 7.75. The average Bonchev–Trinajstić information content (AvgIpc) is 3.28. The quantitative estimate of drug-likeness (QED) is 0.718. The van der Waals surface area contributed by atoms with Crippen LogP contribution in [0.5, 0.6) is 0 Å². The minimum Gasteiger partial charge on any atom is -0.352 e. The van der Waals surface area contributed by atoms with Gasteiger partial charge in [0.2, 0.25) is 5.91 Å². The summed E-state index contributed by atoms with van der Waals surface area (Å²) in [4.78, 5) is 40.4. The lowest BCUT2D eigenvalue weighted by Crippen LogP contribution is -2.47. The van der Waals surface area contributed by atoms with Gasteiger partial charge in [-0.1, -0.05) is 30.3 Å². The topological polar surface area (TPSA) is 78.5 Å². The van der Waals surface area contributed by atoms with Crippen molar-refractivity contribution in [3.8, 4) is 0 Å². The van der Waals surface area contributed by atoms with E-state index in [1.165, 1.54) is 5.56 Å². The molecule has 0 bridgehead atoms. The maximum atomic E-state index is 13.2. The van der Waals surface area contributed by atoms with Crippen molar-refractivity contribution in [2.24, 2.45) is 0 Å². The highest BCUT2D eigenvalue weighted by atomic mass is 32.1. The van der Waals surface area contributed by atoms with Crippen molar-refractivity contribution in [3.05, 3.63) is 57.8 Å². The minimum atomic E-state index is -0.996. The van der Waals surface area contributed by atoms with Crippen molar-refractivity contribution in [3.63, 3.8) is 0 Å². The monoisotopic (exact) mass is 411 g/mol. The summed E-state index contributed by atoms with van der Waals surface area (Å²) in [6, 6.07) is 11.5. The van der Waals surface area contributed by atoms with Crippen LogP contribution in [-0.4, -0.2) is 35.3 Å². The SMILES string of the molecule is C[C@H](CCc1ccccc1)NC(=O)CN1C(=O)N[C@@]2(CCCc3sccc32)C1=O. The fraction of sp³-hybridized carbons (Fsp3) is 0.409. The molecule has 29 heavy (non-hydrogen) atoms. The van der Waals surface area contributed by atoms with Crippen molar-refractivity contribution in [2.75, 3.05) is 6.54 Å². The normalized spacial score (nSPS) is 21.8. The number of carbonyl (C=O) groups excluding carboxylic acids is 3. The van der Waals surface area contributed by atoms with E-state index >= 15 is 0 Å². The second-order valence-electron chi connectivity index (χ2n) is 7.83. The standard InChI is InChI=1S/C22H25N3O3S/c1-15(9-10-16-6-3-2-4-7-16)23-19(26)14-25-20(27)22(24-21(25)28)12-5-8-18-17(22)11-13-29-18/h2-4,6-7,11,13,15H,5,8-10,12,14H2,1H3,(H,23,26)(H,24,28)/t15-,22-/m1/s1. The van der Waals surface area contributed by atoms with Gasteiger partial charge in [0, 0.05) is 16.5 Å². The summed E-state index contributed by atoms with van der Waals surface area (Å²) >= 11 is 1.62. The van der Waals surface area contributed by atoms with Crippen molar-refractivity contribution >= 4 is 29.2 Å². The lowest BCUT2D eigenvalue weighted by molar-refractivity contribution is -0.135. The number of nitrogens with zero attached hydrogens (tertiary/aromatic N) is 1. The molecular formula is C22H25N3O3S. The fourth-order valence-corrected chi connectivity index (χ4v) is 5.25. The number of fused-ring (bicyclic) bond motifs is 2. The number of amides is 4. The Labute approximate surface area is 174 Å². The molecule has 2 aliphatic rings. The summed E-state index contributed by atoms with van der Waals surface area (Å²) < 4.78 is 0.